The van der Waals surface area contributed by atoms with Gasteiger partial charge in [0.25, 0.3) is 5.92 Å². The summed E-state index contributed by atoms with van der Waals surface area (Å²) in [6.07, 6.45) is 0.909. The van der Waals surface area contributed by atoms with Crippen molar-refractivity contribution in [2.24, 2.45) is 0 Å². The van der Waals surface area contributed by atoms with E-state index in [1.54, 1.807) is 0 Å². The Morgan fingerprint density at radius 1 is 1.23 bits per heavy atom. The van der Waals surface area contributed by atoms with Gasteiger partial charge in [-0.25, -0.2) is 22.9 Å². The molecule has 0 radical (unpaired) electrons. The molecule has 2 aromatic rings. The molecule has 0 unspecified atom stereocenters. The Hall–Kier alpha value is -2.02. The number of carbonyl (C=O) groups is 1. The third-order valence-corrected chi connectivity index (χ3v) is 3.93. The number of benzene rings is 1. The molecular formula is C15H12F3NO2S. The molecule has 0 atom stereocenters. The van der Waals surface area contributed by atoms with Gasteiger partial charge in [0.05, 0.1) is 5.56 Å². The van der Waals surface area contributed by atoms with Crippen LogP contribution in [-0.2, 0) is 5.92 Å². The van der Waals surface area contributed by atoms with E-state index < -0.39 is 24.1 Å². The summed E-state index contributed by atoms with van der Waals surface area (Å²) in [5.74, 6) is -4.85. The number of pyridine rings is 1. The van der Waals surface area contributed by atoms with Crippen LogP contribution in [0.25, 0.3) is 0 Å². The van der Waals surface area contributed by atoms with Crippen LogP contribution < -0.4 is 0 Å². The summed E-state index contributed by atoms with van der Waals surface area (Å²) in [5, 5.41) is 9.19. The van der Waals surface area contributed by atoms with Crippen molar-refractivity contribution in [3.8, 4) is 0 Å². The summed E-state index contributed by atoms with van der Waals surface area (Å²) < 4.78 is 40.7. The first kappa shape index (κ1) is 16.4. The van der Waals surface area contributed by atoms with Crippen molar-refractivity contribution in [2.75, 3.05) is 5.75 Å². The molecule has 22 heavy (non-hydrogen) atoms. The maximum Gasteiger partial charge on any atom is 0.338 e. The van der Waals surface area contributed by atoms with Gasteiger partial charge in [0.15, 0.2) is 0 Å². The second kappa shape index (κ2) is 6.83. The second-order valence-corrected chi connectivity index (χ2v) is 5.55. The van der Waals surface area contributed by atoms with Crippen molar-refractivity contribution >= 4 is 17.7 Å². The lowest BCUT2D eigenvalue weighted by Gasteiger charge is -2.16. The molecule has 1 aromatic carbocycles. The molecule has 0 aliphatic carbocycles. The Labute approximate surface area is 129 Å². The highest BCUT2D eigenvalue weighted by molar-refractivity contribution is 7.99. The molecule has 2 rings (SSSR count). The fourth-order valence-corrected chi connectivity index (χ4v) is 2.78. The molecule has 116 valence electrons. The predicted octanol–water partition coefficient (Wildman–Crippen LogP) is 4.19. The van der Waals surface area contributed by atoms with E-state index in [1.165, 1.54) is 18.3 Å². The molecule has 0 bridgehead atoms. The van der Waals surface area contributed by atoms with Gasteiger partial charge in [0.2, 0.25) is 0 Å². The normalized spacial score (nSPS) is 11.4. The first-order valence-corrected chi connectivity index (χ1v) is 7.34. The molecule has 0 saturated carbocycles. The highest BCUT2D eigenvalue weighted by Gasteiger charge is 2.31. The Morgan fingerprint density at radius 2 is 1.91 bits per heavy atom. The molecule has 1 heterocycles. The monoisotopic (exact) mass is 327 g/mol. The van der Waals surface area contributed by atoms with Gasteiger partial charge in [-0.1, -0.05) is 12.1 Å². The molecule has 0 spiro atoms. The average molecular weight is 327 g/mol. The predicted molar refractivity (Wildman–Crippen MR) is 76.8 cm³/mol. The van der Waals surface area contributed by atoms with Crippen LogP contribution in [0.3, 0.4) is 0 Å². The topological polar surface area (TPSA) is 50.2 Å². The molecule has 0 amide bonds. The quantitative estimate of drug-likeness (QED) is 0.808. The van der Waals surface area contributed by atoms with Gasteiger partial charge in [-0.2, -0.15) is 0 Å². The minimum atomic E-state index is -3.11. The number of carboxylic acid groups (broad SMARTS) is 1. The largest absolute Gasteiger partial charge is 0.478 e. The molecule has 1 aromatic heterocycles. The van der Waals surface area contributed by atoms with Crippen LogP contribution in [0.2, 0.25) is 0 Å². The van der Waals surface area contributed by atoms with E-state index in [4.69, 9.17) is 5.11 Å². The maximum absolute atomic E-state index is 14.0. The Morgan fingerprint density at radius 3 is 2.55 bits per heavy atom. The maximum atomic E-state index is 14.0. The first-order valence-electron chi connectivity index (χ1n) is 6.35. The zero-order chi connectivity index (χ0) is 16.2. The number of aromatic nitrogens is 1. The molecular weight excluding hydrogens is 315 g/mol. The lowest BCUT2D eigenvalue weighted by molar-refractivity contribution is -0.00707. The number of thioether (sulfide) groups is 1. The number of alkyl halides is 2. The lowest BCUT2D eigenvalue weighted by Crippen LogP contribution is -2.14. The number of rotatable bonds is 6. The second-order valence-electron chi connectivity index (χ2n) is 4.47. The van der Waals surface area contributed by atoms with Gasteiger partial charge < -0.3 is 5.11 Å². The number of hydrogen-bond acceptors (Lipinski definition) is 3. The van der Waals surface area contributed by atoms with E-state index in [-0.39, 0.29) is 21.9 Å². The zero-order valence-electron chi connectivity index (χ0n) is 11.3. The summed E-state index contributed by atoms with van der Waals surface area (Å²) >= 11 is 0.954. The fourth-order valence-electron chi connectivity index (χ4n) is 1.78. The van der Waals surface area contributed by atoms with E-state index in [1.807, 2.05) is 0 Å². The van der Waals surface area contributed by atoms with E-state index in [0.29, 0.717) is 0 Å². The van der Waals surface area contributed by atoms with Crippen LogP contribution in [-0.4, -0.2) is 21.8 Å². The van der Waals surface area contributed by atoms with Crippen LogP contribution in [0, 0.1) is 5.82 Å². The highest BCUT2D eigenvalue weighted by atomic mass is 32.2. The molecule has 7 heteroatoms. The number of halogens is 3. The smallest absolute Gasteiger partial charge is 0.338 e. The molecule has 0 aliphatic heterocycles. The minimum Gasteiger partial charge on any atom is -0.478 e. The molecule has 1 N–H and O–H groups in total. The molecule has 0 aliphatic rings. The standard InChI is InChI=1S/C15H12F3NO2S/c16-11-5-3-10(4-6-11)15(17,18)7-9-22-13-12(14(20)21)2-1-8-19-13/h1-6,8H,7,9H2,(H,20,21). The summed E-state index contributed by atoms with van der Waals surface area (Å²) in [5.41, 5.74) is -0.286. The molecule has 3 nitrogen and oxygen atoms in total. The summed E-state index contributed by atoms with van der Waals surface area (Å²) in [6.45, 7) is 0. The van der Waals surface area contributed by atoms with Gasteiger partial charge in [-0.05, 0) is 24.3 Å². The summed E-state index contributed by atoms with van der Waals surface area (Å²) in [4.78, 5) is 14.9. The van der Waals surface area contributed by atoms with Gasteiger partial charge in [-0.3, -0.25) is 0 Å². The van der Waals surface area contributed by atoms with Crippen molar-refractivity contribution in [1.82, 2.24) is 4.98 Å². The fraction of sp³-hybridized carbons (Fsp3) is 0.200. The Balaban J connectivity index is 2.01. The van der Waals surface area contributed by atoms with E-state index >= 15 is 0 Å². The Kier molecular flexibility index (Phi) is 5.07. The van der Waals surface area contributed by atoms with Crippen LogP contribution in [0.4, 0.5) is 13.2 Å². The van der Waals surface area contributed by atoms with Crippen LogP contribution in [0.1, 0.15) is 22.3 Å². The zero-order valence-corrected chi connectivity index (χ0v) is 12.1. The van der Waals surface area contributed by atoms with E-state index in [2.05, 4.69) is 4.98 Å². The van der Waals surface area contributed by atoms with Crippen molar-refractivity contribution in [3.05, 3.63) is 59.5 Å². The summed E-state index contributed by atoms with van der Waals surface area (Å²) in [7, 11) is 0. The number of aromatic carboxylic acids is 1. The molecule has 0 fully saturated rings. The van der Waals surface area contributed by atoms with Crippen molar-refractivity contribution in [2.45, 2.75) is 17.4 Å². The third kappa shape index (κ3) is 4.00. The van der Waals surface area contributed by atoms with Crippen molar-refractivity contribution in [3.63, 3.8) is 0 Å². The van der Waals surface area contributed by atoms with Gasteiger partial charge in [0, 0.05) is 23.9 Å². The minimum absolute atomic E-state index is 0.0122. The average Bonchev–Trinajstić information content (AvgIpc) is 2.48. The van der Waals surface area contributed by atoms with E-state index in [9.17, 15) is 18.0 Å². The van der Waals surface area contributed by atoms with Gasteiger partial charge >= 0.3 is 5.97 Å². The lowest BCUT2D eigenvalue weighted by atomic mass is 10.1. The van der Waals surface area contributed by atoms with E-state index in [0.717, 1.165) is 36.0 Å². The van der Waals surface area contributed by atoms with Gasteiger partial charge in [-0.15, -0.1) is 11.8 Å². The first-order chi connectivity index (χ1) is 10.4. The Bertz CT molecular complexity index is 662. The molecule has 0 saturated heterocycles. The summed E-state index contributed by atoms with van der Waals surface area (Å²) in [6, 6.07) is 6.90. The number of carboxylic acids is 1. The van der Waals surface area contributed by atoms with Crippen molar-refractivity contribution in [1.29, 1.82) is 0 Å². The SMILES string of the molecule is O=C(O)c1cccnc1SCCC(F)(F)c1ccc(F)cc1. The highest BCUT2D eigenvalue weighted by Crippen LogP contribution is 2.34. The number of hydrogen-bond donors (Lipinski definition) is 1. The van der Waals surface area contributed by atoms with Crippen LogP contribution >= 0.6 is 11.8 Å². The van der Waals surface area contributed by atoms with Gasteiger partial charge in [0.1, 0.15) is 10.8 Å². The van der Waals surface area contributed by atoms with Crippen LogP contribution in [0.15, 0.2) is 47.6 Å². The number of nitrogens with zero attached hydrogens (tertiary/aromatic N) is 1. The van der Waals surface area contributed by atoms with Crippen LogP contribution in [0.5, 0.6) is 0 Å². The third-order valence-electron chi connectivity index (χ3n) is 2.92. The van der Waals surface area contributed by atoms with Crippen molar-refractivity contribution < 1.29 is 23.1 Å².